The van der Waals surface area contributed by atoms with Crippen molar-refractivity contribution in [3.8, 4) is 0 Å². The molecule has 4 rings (SSSR count). The average Bonchev–Trinajstić information content (AvgIpc) is 2.78. The first-order chi connectivity index (χ1) is 14.3. The second kappa shape index (κ2) is 9.71. The van der Waals surface area contributed by atoms with Crippen molar-refractivity contribution in [1.82, 2.24) is 4.90 Å². The Balaban J connectivity index is 1.42. The van der Waals surface area contributed by atoms with E-state index in [9.17, 15) is 4.79 Å². The zero-order valence-electron chi connectivity index (χ0n) is 16.9. The molecule has 0 atom stereocenters. The second-order valence-corrected chi connectivity index (χ2v) is 8.00. The number of aryl methyl sites for hydroxylation is 1. The molecule has 0 bridgehead atoms. The monoisotopic (exact) mass is 387 g/mol. The van der Waals surface area contributed by atoms with Crippen LogP contribution in [-0.4, -0.2) is 30.6 Å². The summed E-state index contributed by atoms with van der Waals surface area (Å²) in [5, 5.41) is 2.48. The number of benzene rings is 3. The summed E-state index contributed by atoms with van der Waals surface area (Å²) in [6.45, 7) is 3.15. The maximum atomic E-state index is 13.2. The number of amides is 1. The maximum absolute atomic E-state index is 13.2. The molecule has 150 valence electrons. The van der Waals surface area contributed by atoms with E-state index in [4.69, 9.17) is 4.74 Å². The van der Waals surface area contributed by atoms with Gasteiger partial charge >= 0.3 is 0 Å². The first kappa shape index (κ1) is 19.7. The van der Waals surface area contributed by atoms with Crippen molar-refractivity contribution in [1.29, 1.82) is 0 Å². The molecular formula is C26H29NO2. The first-order valence-corrected chi connectivity index (χ1v) is 10.6. The molecule has 0 radical (unpaired) electrons. The molecule has 29 heavy (non-hydrogen) atoms. The summed E-state index contributed by atoms with van der Waals surface area (Å²) in [5.74, 6) is 0.783. The fraction of sp³-hybridized carbons (Fsp3) is 0.346. The summed E-state index contributed by atoms with van der Waals surface area (Å²) in [5.41, 5.74) is 2.42. The molecule has 3 nitrogen and oxygen atoms in total. The summed E-state index contributed by atoms with van der Waals surface area (Å²) < 4.78 is 5.50. The quantitative estimate of drug-likeness (QED) is 0.556. The third kappa shape index (κ3) is 5.45. The molecule has 1 aliphatic heterocycles. The molecule has 1 fully saturated rings. The number of hydrogen-bond acceptors (Lipinski definition) is 2. The van der Waals surface area contributed by atoms with E-state index in [2.05, 4.69) is 59.5 Å². The van der Waals surface area contributed by atoms with Crippen molar-refractivity contribution in [2.75, 3.05) is 19.8 Å². The Morgan fingerprint density at radius 3 is 2.38 bits per heavy atom. The Hall–Kier alpha value is -2.65. The van der Waals surface area contributed by atoms with Gasteiger partial charge in [-0.2, -0.15) is 0 Å². The van der Waals surface area contributed by atoms with E-state index in [0.717, 1.165) is 39.0 Å². The van der Waals surface area contributed by atoms with Crippen LogP contribution in [0.2, 0.25) is 0 Å². The molecule has 1 saturated heterocycles. The molecule has 3 aromatic rings. The second-order valence-electron chi connectivity index (χ2n) is 8.00. The van der Waals surface area contributed by atoms with E-state index < -0.39 is 0 Å². The normalized spacial score (nSPS) is 14.8. The van der Waals surface area contributed by atoms with E-state index in [-0.39, 0.29) is 5.91 Å². The molecule has 1 aliphatic rings. The zero-order valence-corrected chi connectivity index (χ0v) is 16.9. The summed E-state index contributed by atoms with van der Waals surface area (Å²) in [7, 11) is 0. The Morgan fingerprint density at radius 1 is 0.862 bits per heavy atom. The lowest BCUT2D eigenvalue weighted by Gasteiger charge is -2.30. The van der Waals surface area contributed by atoms with Crippen LogP contribution in [0.3, 0.4) is 0 Å². The largest absolute Gasteiger partial charge is 0.381 e. The molecule has 1 heterocycles. The van der Waals surface area contributed by atoms with Crippen LogP contribution in [0.4, 0.5) is 0 Å². The van der Waals surface area contributed by atoms with Crippen molar-refractivity contribution >= 4 is 16.7 Å². The summed E-state index contributed by atoms with van der Waals surface area (Å²) in [6, 6.07) is 25.2. The Bertz CT molecular complexity index is 932. The van der Waals surface area contributed by atoms with E-state index >= 15 is 0 Å². The Morgan fingerprint density at radius 2 is 1.59 bits per heavy atom. The van der Waals surface area contributed by atoms with Crippen LogP contribution >= 0.6 is 0 Å². The maximum Gasteiger partial charge on any atom is 0.223 e. The van der Waals surface area contributed by atoms with Crippen LogP contribution in [0.25, 0.3) is 10.8 Å². The SMILES string of the molecule is O=C(CCc1ccc2ccccc2c1)N(Cc1ccccc1)CC1CCOCC1. The van der Waals surface area contributed by atoms with Crippen LogP contribution in [0.1, 0.15) is 30.4 Å². The lowest BCUT2D eigenvalue weighted by atomic mass is 9.98. The molecular weight excluding hydrogens is 358 g/mol. The summed E-state index contributed by atoms with van der Waals surface area (Å²) >= 11 is 0. The Kier molecular flexibility index (Phi) is 6.58. The highest BCUT2D eigenvalue weighted by Crippen LogP contribution is 2.20. The van der Waals surface area contributed by atoms with Gasteiger partial charge in [-0.15, -0.1) is 0 Å². The van der Waals surface area contributed by atoms with Crippen LogP contribution in [0, 0.1) is 5.92 Å². The number of hydrogen-bond donors (Lipinski definition) is 0. The van der Waals surface area contributed by atoms with E-state index in [1.807, 2.05) is 18.2 Å². The van der Waals surface area contributed by atoms with Crippen LogP contribution < -0.4 is 0 Å². The zero-order chi connectivity index (χ0) is 19.9. The van der Waals surface area contributed by atoms with Gasteiger partial charge in [0.25, 0.3) is 0 Å². The third-order valence-electron chi connectivity index (χ3n) is 5.83. The number of rotatable bonds is 7. The predicted octanol–water partition coefficient (Wildman–Crippen LogP) is 5.23. The fourth-order valence-corrected chi connectivity index (χ4v) is 4.10. The van der Waals surface area contributed by atoms with Crippen LogP contribution in [-0.2, 0) is 22.5 Å². The van der Waals surface area contributed by atoms with Gasteiger partial charge in [0.15, 0.2) is 0 Å². The summed E-state index contributed by atoms with van der Waals surface area (Å²) in [4.78, 5) is 15.2. The van der Waals surface area contributed by atoms with Crippen molar-refractivity contribution in [2.45, 2.75) is 32.2 Å². The average molecular weight is 388 g/mol. The van der Waals surface area contributed by atoms with Crippen molar-refractivity contribution in [3.63, 3.8) is 0 Å². The molecule has 0 aliphatic carbocycles. The lowest BCUT2D eigenvalue weighted by molar-refractivity contribution is -0.133. The van der Waals surface area contributed by atoms with E-state index in [0.29, 0.717) is 18.9 Å². The predicted molar refractivity (Wildman–Crippen MR) is 118 cm³/mol. The van der Waals surface area contributed by atoms with Crippen molar-refractivity contribution < 1.29 is 9.53 Å². The molecule has 3 aromatic carbocycles. The highest BCUT2D eigenvalue weighted by atomic mass is 16.5. The topological polar surface area (TPSA) is 29.5 Å². The van der Waals surface area contributed by atoms with Crippen LogP contribution in [0.15, 0.2) is 72.8 Å². The molecule has 3 heteroatoms. The lowest BCUT2D eigenvalue weighted by Crippen LogP contribution is -2.36. The molecule has 0 unspecified atom stereocenters. The number of carbonyl (C=O) groups is 1. The van der Waals surface area contributed by atoms with Gasteiger partial charge in [0.2, 0.25) is 5.91 Å². The highest BCUT2D eigenvalue weighted by Gasteiger charge is 2.21. The van der Waals surface area contributed by atoms with Gasteiger partial charge in [-0.05, 0) is 47.1 Å². The number of fused-ring (bicyclic) bond motifs is 1. The highest BCUT2D eigenvalue weighted by molar-refractivity contribution is 5.83. The number of nitrogens with zero attached hydrogens (tertiary/aromatic N) is 1. The molecule has 0 aromatic heterocycles. The van der Waals surface area contributed by atoms with E-state index in [1.54, 1.807) is 0 Å². The number of carbonyl (C=O) groups excluding carboxylic acids is 1. The number of ether oxygens (including phenoxy) is 1. The molecule has 1 amide bonds. The minimum atomic E-state index is 0.244. The fourth-order valence-electron chi connectivity index (χ4n) is 4.10. The Labute approximate surface area is 173 Å². The smallest absolute Gasteiger partial charge is 0.223 e. The van der Waals surface area contributed by atoms with Gasteiger partial charge in [-0.1, -0.05) is 72.8 Å². The van der Waals surface area contributed by atoms with Gasteiger partial charge < -0.3 is 9.64 Å². The minimum Gasteiger partial charge on any atom is -0.381 e. The molecule has 0 saturated carbocycles. The molecule has 0 N–H and O–H groups in total. The third-order valence-corrected chi connectivity index (χ3v) is 5.83. The molecule has 0 spiro atoms. The van der Waals surface area contributed by atoms with E-state index in [1.165, 1.54) is 21.9 Å². The standard InChI is InChI=1S/C26H29NO2/c28-26(13-11-21-10-12-24-8-4-5-9-25(24)18-21)27(19-22-6-2-1-3-7-22)20-23-14-16-29-17-15-23/h1-10,12,18,23H,11,13-17,19-20H2. The van der Waals surface area contributed by atoms with Crippen LogP contribution in [0.5, 0.6) is 0 Å². The van der Waals surface area contributed by atoms with Crippen molar-refractivity contribution in [3.05, 3.63) is 83.9 Å². The minimum absolute atomic E-state index is 0.244. The van der Waals surface area contributed by atoms with Gasteiger partial charge in [-0.25, -0.2) is 0 Å². The van der Waals surface area contributed by atoms with Gasteiger partial charge in [-0.3, -0.25) is 4.79 Å². The van der Waals surface area contributed by atoms with Crippen molar-refractivity contribution in [2.24, 2.45) is 5.92 Å². The van der Waals surface area contributed by atoms with Gasteiger partial charge in [0.1, 0.15) is 0 Å². The van der Waals surface area contributed by atoms with Gasteiger partial charge in [0.05, 0.1) is 0 Å². The van der Waals surface area contributed by atoms with Gasteiger partial charge in [0, 0.05) is 32.7 Å². The summed E-state index contributed by atoms with van der Waals surface area (Å²) in [6.07, 6.45) is 3.42. The first-order valence-electron chi connectivity index (χ1n) is 10.6.